The van der Waals surface area contributed by atoms with E-state index in [1.165, 1.54) is 31.2 Å². The molecule has 2 N–H and O–H groups in total. The Bertz CT molecular complexity index is 667. The van der Waals surface area contributed by atoms with E-state index >= 15 is 0 Å². The maximum absolute atomic E-state index is 13.8. The van der Waals surface area contributed by atoms with Crippen molar-refractivity contribution in [3.63, 3.8) is 0 Å². The molecule has 6 heteroatoms. The highest BCUT2D eigenvalue weighted by atomic mass is 79.9. The fraction of sp³-hybridized carbons (Fsp3) is 0.200. The summed E-state index contributed by atoms with van der Waals surface area (Å²) in [6.45, 7) is 1.53. The predicted octanol–water partition coefficient (Wildman–Crippen LogP) is 4.96. The van der Waals surface area contributed by atoms with Gasteiger partial charge in [0.15, 0.2) is 0 Å². The summed E-state index contributed by atoms with van der Waals surface area (Å²) >= 11 is 3.22. The number of aryl methyl sites for hydroxylation is 1. The van der Waals surface area contributed by atoms with Crippen LogP contribution in [0.1, 0.15) is 28.3 Å². The second kappa shape index (κ2) is 5.77. The van der Waals surface area contributed by atoms with Crippen molar-refractivity contribution in [1.29, 1.82) is 0 Å². The Balaban J connectivity index is 2.44. The maximum atomic E-state index is 13.8. The Kier molecular flexibility index (Phi) is 4.39. The standard InChI is InChI=1S/C15H12BrF4N/c1-8-6-9(15(18,19)20)2-4-11(8)14(21)12-7-10(16)3-5-13(12)17/h2-7,14H,21H2,1H3. The van der Waals surface area contributed by atoms with E-state index in [9.17, 15) is 17.6 Å². The lowest BCUT2D eigenvalue weighted by Crippen LogP contribution is -2.16. The first kappa shape index (κ1) is 16.0. The van der Waals surface area contributed by atoms with Gasteiger partial charge >= 0.3 is 6.18 Å². The highest BCUT2D eigenvalue weighted by Gasteiger charge is 2.31. The summed E-state index contributed by atoms with van der Waals surface area (Å²) in [5.74, 6) is -0.495. The molecule has 0 saturated carbocycles. The van der Waals surface area contributed by atoms with Gasteiger partial charge in [0.05, 0.1) is 11.6 Å². The first-order valence-corrected chi connectivity index (χ1v) is 6.87. The summed E-state index contributed by atoms with van der Waals surface area (Å²) in [5.41, 5.74) is 6.32. The molecule has 0 aromatic heterocycles. The Hall–Kier alpha value is -1.40. The van der Waals surface area contributed by atoms with Gasteiger partial charge in [-0.15, -0.1) is 0 Å². The Morgan fingerprint density at radius 3 is 2.29 bits per heavy atom. The molecule has 0 aliphatic heterocycles. The van der Waals surface area contributed by atoms with Gasteiger partial charge in [0.2, 0.25) is 0 Å². The Morgan fingerprint density at radius 2 is 1.71 bits per heavy atom. The number of alkyl halides is 3. The van der Waals surface area contributed by atoms with Gasteiger partial charge in [-0.1, -0.05) is 22.0 Å². The molecule has 1 unspecified atom stereocenters. The minimum Gasteiger partial charge on any atom is -0.320 e. The number of rotatable bonds is 2. The van der Waals surface area contributed by atoms with Crippen molar-refractivity contribution in [3.05, 3.63) is 68.9 Å². The van der Waals surface area contributed by atoms with Crippen LogP contribution in [-0.4, -0.2) is 0 Å². The third-order valence-electron chi connectivity index (χ3n) is 3.23. The molecule has 2 aromatic rings. The summed E-state index contributed by atoms with van der Waals surface area (Å²) in [4.78, 5) is 0. The highest BCUT2D eigenvalue weighted by molar-refractivity contribution is 9.10. The fourth-order valence-electron chi connectivity index (χ4n) is 2.12. The van der Waals surface area contributed by atoms with Gasteiger partial charge in [-0.05, 0) is 48.4 Å². The molecule has 0 aliphatic rings. The number of benzene rings is 2. The molecule has 0 fully saturated rings. The van der Waals surface area contributed by atoms with E-state index in [2.05, 4.69) is 15.9 Å². The normalized spacial score (nSPS) is 13.3. The molecule has 1 atom stereocenters. The van der Waals surface area contributed by atoms with E-state index < -0.39 is 23.6 Å². The third-order valence-corrected chi connectivity index (χ3v) is 3.72. The summed E-state index contributed by atoms with van der Waals surface area (Å²) in [5, 5.41) is 0. The third kappa shape index (κ3) is 3.44. The molecule has 2 aromatic carbocycles. The monoisotopic (exact) mass is 361 g/mol. The van der Waals surface area contributed by atoms with Crippen LogP contribution in [0.25, 0.3) is 0 Å². The maximum Gasteiger partial charge on any atom is 0.416 e. The van der Waals surface area contributed by atoms with Crippen molar-refractivity contribution in [1.82, 2.24) is 0 Å². The molecule has 2 rings (SSSR count). The largest absolute Gasteiger partial charge is 0.416 e. The average Bonchev–Trinajstić information content (AvgIpc) is 2.39. The Morgan fingerprint density at radius 1 is 1.05 bits per heavy atom. The van der Waals surface area contributed by atoms with Gasteiger partial charge < -0.3 is 5.73 Å². The molecule has 0 radical (unpaired) electrons. The lowest BCUT2D eigenvalue weighted by atomic mass is 9.94. The molecule has 21 heavy (non-hydrogen) atoms. The van der Waals surface area contributed by atoms with Crippen LogP contribution in [0.2, 0.25) is 0 Å². The fourth-order valence-corrected chi connectivity index (χ4v) is 2.50. The number of halogens is 5. The van der Waals surface area contributed by atoms with E-state index in [0.717, 1.165) is 12.1 Å². The zero-order valence-corrected chi connectivity index (χ0v) is 12.6. The van der Waals surface area contributed by atoms with Gasteiger partial charge in [-0.25, -0.2) is 4.39 Å². The second-order valence-corrected chi connectivity index (χ2v) is 5.63. The molecule has 0 bridgehead atoms. The molecule has 1 nitrogen and oxygen atoms in total. The van der Waals surface area contributed by atoms with Crippen LogP contribution in [0.5, 0.6) is 0 Å². The topological polar surface area (TPSA) is 26.0 Å². The van der Waals surface area contributed by atoms with E-state index in [1.54, 1.807) is 0 Å². The zero-order chi connectivity index (χ0) is 15.8. The van der Waals surface area contributed by atoms with Crippen molar-refractivity contribution in [2.75, 3.05) is 0 Å². The molecule has 0 aliphatic carbocycles. The first-order chi connectivity index (χ1) is 9.70. The van der Waals surface area contributed by atoms with Crippen LogP contribution in [0.4, 0.5) is 17.6 Å². The quantitative estimate of drug-likeness (QED) is 0.751. The Labute approximate surface area is 127 Å². The zero-order valence-electron chi connectivity index (χ0n) is 11.0. The number of nitrogens with two attached hydrogens (primary N) is 1. The first-order valence-electron chi connectivity index (χ1n) is 6.08. The van der Waals surface area contributed by atoms with Crippen molar-refractivity contribution >= 4 is 15.9 Å². The minimum absolute atomic E-state index is 0.229. The van der Waals surface area contributed by atoms with E-state index in [4.69, 9.17) is 5.73 Å². The molecular formula is C15H12BrF4N. The summed E-state index contributed by atoms with van der Waals surface area (Å²) in [6.07, 6.45) is -4.41. The van der Waals surface area contributed by atoms with Crippen molar-refractivity contribution in [2.45, 2.75) is 19.1 Å². The van der Waals surface area contributed by atoms with Crippen molar-refractivity contribution in [2.24, 2.45) is 5.73 Å². The van der Waals surface area contributed by atoms with Gasteiger partial charge in [-0.3, -0.25) is 0 Å². The molecule has 0 saturated heterocycles. The van der Waals surface area contributed by atoms with Crippen LogP contribution in [0.15, 0.2) is 40.9 Å². The SMILES string of the molecule is Cc1cc(C(F)(F)F)ccc1C(N)c1cc(Br)ccc1F. The molecule has 0 spiro atoms. The lowest BCUT2D eigenvalue weighted by Gasteiger charge is -2.18. The smallest absolute Gasteiger partial charge is 0.320 e. The minimum atomic E-state index is -4.41. The van der Waals surface area contributed by atoms with Crippen LogP contribution < -0.4 is 5.73 Å². The summed E-state index contributed by atoms with van der Waals surface area (Å²) in [6, 6.07) is 6.76. The van der Waals surface area contributed by atoms with E-state index in [-0.39, 0.29) is 5.56 Å². The van der Waals surface area contributed by atoms with Crippen molar-refractivity contribution < 1.29 is 17.6 Å². The highest BCUT2D eigenvalue weighted by Crippen LogP contribution is 2.33. The second-order valence-electron chi connectivity index (χ2n) is 4.71. The number of hydrogen-bond acceptors (Lipinski definition) is 1. The van der Waals surface area contributed by atoms with E-state index in [0.29, 0.717) is 15.6 Å². The molecule has 112 valence electrons. The predicted molar refractivity (Wildman–Crippen MR) is 76.3 cm³/mol. The summed E-state index contributed by atoms with van der Waals surface area (Å²) < 4.78 is 52.4. The molecule has 0 heterocycles. The van der Waals surface area contributed by atoms with Crippen LogP contribution in [0.3, 0.4) is 0 Å². The molecule has 0 amide bonds. The lowest BCUT2D eigenvalue weighted by molar-refractivity contribution is -0.137. The van der Waals surface area contributed by atoms with Gasteiger partial charge in [-0.2, -0.15) is 13.2 Å². The van der Waals surface area contributed by atoms with Gasteiger partial charge in [0.1, 0.15) is 5.82 Å². The van der Waals surface area contributed by atoms with E-state index in [1.807, 2.05) is 0 Å². The van der Waals surface area contributed by atoms with Crippen LogP contribution in [-0.2, 0) is 6.18 Å². The van der Waals surface area contributed by atoms with Crippen LogP contribution in [0, 0.1) is 12.7 Å². The average molecular weight is 362 g/mol. The van der Waals surface area contributed by atoms with Crippen molar-refractivity contribution in [3.8, 4) is 0 Å². The number of hydrogen-bond donors (Lipinski definition) is 1. The van der Waals surface area contributed by atoms with Gasteiger partial charge in [0.25, 0.3) is 0 Å². The molecular weight excluding hydrogens is 350 g/mol. The van der Waals surface area contributed by atoms with Crippen LogP contribution >= 0.6 is 15.9 Å². The summed E-state index contributed by atoms with van der Waals surface area (Å²) in [7, 11) is 0. The van der Waals surface area contributed by atoms with Gasteiger partial charge in [0, 0.05) is 10.0 Å².